The summed E-state index contributed by atoms with van der Waals surface area (Å²) in [4.78, 5) is 29.4. The van der Waals surface area contributed by atoms with Crippen LogP contribution in [0.25, 0.3) is 0 Å². The molecule has 1 aromatic heterocycles. The van der Waals surface area contributed by atoms with Crippen molar-refractivity contribution in [3.8, 4) is 11.5 Å². The molecule has 0 saturated carbocycles. The number of pyridine rings is 1. The summed E-state index contributed by atoms with van der Waals surface area (Å²) in [5, 5.41) is 19.6. The number of benzene rings is 3. The van der Waals surface area contributed by atoms with Crippen molar-refractivity contribution in [3.05, 3.63) is 118 Å². The van der Waals surface area contributed by atoms with Gasteiger partial charge in [0.05, 0.1) is 26.7 Å². The summed E-state index contributed by atoms with van der Waals surface area (Å²) in [6.45, 7) is 3.15. The van der Waals surface area contributed by atoms with E-state index < -0.39 is 6.10 Å². The van der Waals surface area contributed by atoms with Crippen LogP contribution in [0.1, 0.15) is 51.2 Å². The molecular weight excluding hydrogens is 570 g/mol. The largest absolute Gasteiger partial charge is 0.493 e. The number of nitrogens with two attached hydrogens (primary N) is 1. The van der Waals surface area contributed by atoms with Crippen LogP contribution in [-0.2, 0) is 30.7 Å². The van der Waals surface area contributed by atoms with Gasteiger partial charge in [-0.05, 0) is 65.9 Å². The lowest BCUT2D eigenvalue weighted by Gasteiger charge is -2.18. The van der Waals surface area contributed by atoms with Crippen molar-refractivity contribution in [2.45, 2.75) is 45.0 Å². The van der Waals surface area contributed by atoms with Crippen LogP contribution in [0.15, 0.2) is 85.1 Å². The zero-order valence-electron chi connectivity index (χ0n) is 25.9. The van der Waals surface area contributed by atoms with E-state index >= 15 is 0 Å². The Morgan fingerprint density at radius 2 is 1.56 bits per heavy atom. The molecule has 1 heterocycles. The zero-order chi connectivity index (χ0) is 32.2. The fourth-order valence-electron chi connectivity index (χ4n) is 4.83. The maximum absolute atomic E-state index is 12.7. The number of rotatable bonds is 15. The molecule has 10 nitrogen and oxygen atoms in total. The van der Waals surface area contributed by atoms with Gasteiger partial charge in [-0.2, -0.15) is 0 Å². The normalized spacial score (nSPS) is 12.2. The van der Waals surface area contributed by atoms with Gasteiger partial charge in [-0.3, -0.25) is 9.59 Å². The van der Waals surface area contributed by atoms with Gasteiger partial charge in [0.25, 0.3) is 5.91 Å². The Labute approximate surface area is 264 Å². The summed E-state index contributed by atoms with van der Waals surface area (Å²) >= 11 is 0. The number of carbonyl (C=O) groups is 2. The van der Waals surface area contributed by atoms with Crippen molar-refractivity contribution in [3.63, 3.8) is 0 Å². The predicted molar refractivity (Wildman–Crippen MR) is 174 cm³/mol. The molecule has 2 amide bonds. The van der Waals surface area contributed by atoms with Crippen molar-refractivity contribution in [1.82, 2.24) is 20.9 Å². The number of hydrogen-bond donors (Lipinski definition) is 5. The van der Waals surface area contributed by atoms with Gasteiger partial charge in [0.1, 0.15) is 5.82 Å². The molecule has 236 valence electrons. The van der Waals surface area contributed by atoms with E-state index in [2.05, 4.69) is 27.9 Å². The fourth-order valence-corrected chi connectivity index (χ4v) is 4.83. The van der Waals surface area contributed by atoms with Crippen LogP contribution in [0.4, 0.5) is 5.82 Å². The Kier molecular flexibility index (Phi) is 11.9. The second-order valence-corrected chi connectivity index (χ2v) is 10.9. The SMILES string of the molecule is COc1ccc(CNC(=O)c2ccc(CNC(=O)Cc3cccc(CC(C)NCC(O)c4ccc(N)nc4)c3)cc2)cc1OC. The number of methoxy groups -OCH3 is 2. The molecular formula is C35H41N5O5. The van der Waals surface area contributed by atoms with Crippen molar-refractivity contribution < 1.29 is 24.2 Å². The first kappa shape index (κ1) is 33.0. The summed E-state index contributed by atoms with van der Waals surface area (Å²) in [6.07, 6.45) is 1.91. The molecule has 45 heavy (non-hydrogen) atoms. The summed E-state index contributed by atoms with van der Waals surface area (Å²) in [5.41, 5.74) is 10.7. The highest BCUT2D eigenvalue weighted by Crippen LogP contribution is 2.27. The lowest BCUT2D eigenvalue weighted by atomic mass is 10.0. The fraction of sp³-hybridized carbons (Fsp3) is 0.286. The van der Waals surface area contributed by atoms with E-state index in [9.17, 15) is 14.7 Å². The number of aliphatic hydroxyl groups excluding tert-OH is 1. The first-order valence-corrected chi connectivity index (χ1v) is 14.8. The van der Waals surface area contributed by atoms with Gasteiger partial charge < -0.3 is 36.3 Å². The van der Waals surface area contributed by atoms with Gasteiger partial charge in [-0.15, -0.1) is 0 Å². The summed E-state index contributed by atoms with van der Waals surface area (Å²) < 4.78 is 10.6. The van der Waals surface area contributed by atoms with Gasteiger partial charge in [0.2, 0.25) is 5.91 Å². The van der Waals surface area contributed by atoms with Gasteiger partial charge in [0, 0.05) is 43.0 Å². The van der Waals surface area contributed by atoms with E-state index in [0.29, 0.717) is 48.1 Å². The third-order valence-corrected chi connectivity index (χ3v) is 7.36. The van der Waals surface area contributed by atoms with Gasteiger partial charge in [0.15, 0.2) is 11.5 Å². The Morgan fingerprint density at radius 3 is 2.27 bits per heavy atom. The number of nitrogen functional groups attached to an aromatic ring is 1. The lowest BCUT2D eigenvalue weighted by Crippen LogP contribution is -2.32. The van der Waals surface area contributed by atoms with E-state index in [1.165, 1.54) is 0 Å². The minimum Gasteiger partial charge on any atom is -0.493 e. The molecule has 6 N–H and O–H groups in total. The van der Waals surface area contributed by atoms with E-state index in [-0.39, 0.29) is 24.3 Å². The quantitative estimate of drug-likeness (QED) is 0.137. The molecule has 2 unspecified atom stereocenters. The van der Waals surface area contributed by atoms with Crippen LogP contribution in [0, 0.1) is 0 Å². The Balaban J connectivity index is 1.20. The lowest BCUT2D eigenvalue weighted by molar-refractivity contribution is -0.120. The number of nitrogens with one attached hydrogen (secondary N) is 3. The van der Waals surface area contributed by atoms with Crippen LogP contribution in [0.2, 0.25) is 0 Å². The molecule has 4 aromatic rings. The number of anilines is 1. The van der Waals surface area contributed by atoms with Crippen molar-refractivity contribution in [2.75, 3.05) is 26.5 Å². The third-order valence-electron chi connectivity index (χ3n) is 7.36. The Bertz CT molecular complexity index is 1560. The monoisotopic (exact) mass is 611 g/mol. The number of carbonyl (C=O) groups excluding carboxylic acids is 2. The predicted octanol–water partition coefficient (Wildman–Crippen LogP) is 3.72. The molecule has 0 aliphatic carbocycles. The highest BCUT2D eigenvalue weighted by molar-refractivity contribution is 5.94. The topological polar surface area (TPSA) is 148 Å². The second kappa shape index (κ2) is 16.2. The minimum absolute atomic E-state index is 0.0877. The number of hydrogen-bond acceptors (Lipinski definition) is 8. The molecule has 0 spiro atoms. The zero-order valence-corrected chi connectivity index (χ0v) is 25.9. The number of aliphatic hydroxyl groups is 1. The number of nitrogens with zero attached hydrogens (tertiary/aromatic N) is 1. The number of aromatic nitrogens is 1. The van der Waals surface area contributed by atoms with E-state index in [0.717, 1.165) is 28.7 Å². The summed E-state index contributed by atoms with van der Waals surface area (Å²) in [6, 6.07) is 24.2. The van der Waals surface area contributed by atoms with E-state index in [1.807, 2.05) is 48.5 Å². The highest BCUT2D eigenvalue weighted by atomic mass is 16.5. The van der Waals surface area contributed by atoms with Crippen LogP contribution < -0.4 is 31.2 Å². The van der Waals surface area contributed by atoms with E-state index in [4.69, 9.17) is 15.2 Å². The molecule has 0 aliphatic rings. The summed E-state index contributed by atoms with van der Waals surface area (Å²) in [7, 11) is 3.15. The molecule has 10 heteroatoms. The first-order chi connectivity index (χ1) is 21.7. The van der Waals surface area contributed by atoms with Gasteiger partial charge in [-0.25, -0.2) is 4.98 Å². The molecule has 0 fully saturated rings. The average Bonchev–Trinajstić information content (AvgIpc) is 3.05. The maximum Gasteiger partial charge on any atom is 0.251 e. The molecule has 0 aliphatic heterocycles. The molecule has 3 aromatic carbocycles. The maximum atomic E-state index is 12.7. The number of ether oxygens (including phenoxy) is 2. The third kappa shape index (κ3) is 10.1. The average molecular weight is 612 g/mol. The summed E-state index contributed by atoms with van der Waals surface area (Å²) in [5.74, 6) is 1.37. The van der Waals surface area contributed by atoms with Crippen molar-refractivity contribution >= 4 is 17.6 Å². The van der Waals surface area contributed by atoms with Gasteiger partial charge >= 0.3 is 0 Å². The van der Waals surface area contributed by atoms with E-state index in [1.54, 1.807) is 50.7 Å². The molecule has 4 rings (SSSR count). The van der Waals surface area contributed by atoms with Gasteiger partial charge in [-0.1, -0.05) is 48.5 Å². The molecule has 0 bridgehead atoms. The second-order valence-electron chi connectivity index (χ2n) is 10.9. The molecule has 0 saturated heterocycles. The molecule has 0 radical (unpaired) electrons. The van der Waals surface area contributed by atoms with Crippen molar-refractivity contribution in [2.24, 2.45) is 0 Å². The molecule has 2 atom stereocenters. The first-order valence-electron chi connectivity index (χ1n) is 14.8. The Hall–Kier alpha value is -4.93. The van der Waals surface area contributed by atoms with Crippen LogP contribution in [0.3, 0.4) is 0 Å². The van der Waals surface area contributed by atoms with Crippen molar-refractivity contribution in [1.29, 1.82) is 0 Å². The standard InChI is InChI=1S/C35H41N5O5/c1-23(37-22-30(41)29-12-14-33(36)38-21-29)15-25-5-4-6-26(16-25)18-34(42)39-19-24-7-10-28(11-8-24)35(43)40-20-27-9-13-31(44-2)32(17-27)45-3/h4-14,16-17,21,23,30,37,41H,15,18-20,22H2,1-3H3,(H2,36,38)(H,39,42)(H,40,43). The van der Waals surface area contributed by atoms with Crippen LogP contribution in [-0.4, -0.2) is 48.7 Å². The number of amides is 2. The minimum atomic E-state index is -0.681. The Morgan fingerprint density at radius 1 is 0.844 bits per heavy atom. The van der Waals surface area contributed by atoms with Crippen LogP contribution in [0.5, 0.6) is 11.5 Å². The smallest absolute Gasteiger partial charge is 0.251 e. The van der Waals surface area contributed by atoms with Crippen LogP contribution >= 0.6 is 0 Å². The highest BCUT2D eigenvalue weighted by Gasteiger charge is 2.12.